The zero-order valence-electron chi connectivity index (χ0n) is 13.1. The van der Waals surface area contributed by atoms with Crippen LogP contribution in [0.25, 0.3) is 0 Å². The van der Waals surface area contributed by atoms with Crippen molar-refractivity contribution in [1.29, 1.82) is 5.26 Å². The molecule has 0 aliphatic carbocycles. The van der Waals surface area contributed by atoms with Gasteiger partial charge < -0.3 is 5.32 Å². The lowest BCUT2D eigenvalue weighted by atomic mass is 10.1. The highest BCUT2D eigenvalue weighted by Gasteiger charge is 2.27. The Balaban J connectivity index is 2.37. The monoisotopic (exact) mass is 280 g/mol. The fourth-order valence-electron chi connectivity index (χ4n) is 2.57. The molecule has 0 aromatic heterocycles. The highest BCUT2D eigenvalue weighted by atomic mass is 16.2. The Labute approximate surface area is 122 Å². The van der Waals surface area contributed by atoms with Crippen molar-refractivity contribution in [3.05, 3.63) is 0 Å². The maximum absolute atomic E-state index is 12.0. The summed E-state index contributed by atoms with van der Waals surface area (Å²) in [5.41, 5.74) is 0. The molecule has 1 heterocycles. The Hall–Kier alpha value is -1.12. The lowest BCUT2D eigenvalue weighted by Gasteiger charge is -2.38. The van der Waals surface area contributed by atoms with Gasteiger partial charge in [-0.15, -0.1) is 0 Å². The molecule has 1 fully saturated rings. The molecule has 2 unspecified atom stereocenters. The molecule has 0 radical (unpaired) electrons. The van der Waals surface area contributed by atoms with Crippen molar-refractivity contribution in [3.8, 4) is 6.07 Å². The standard InChI is InChI=1S/C15H28N4O/c1-4-6-7-17-15(20)13(3)18-8-10-19(11-9-18)14(5-2)12-16/h13-14H,4-11H2,1-3H3,(H,17,20). The minimum Gasteiger partial charge on any atom is -0.355 e. The third-order valence-corrected chi connectivity index (χ3v) is 4.08. The summed E-state index contributed by atoms with van der Waals surface area (Å²) in [6.45, 7) is 10.4. The number of piperazine rings is 1. The minimum atomic E-state index is -0.0730. The number of nitriles is 1. The van der Waals surface area contributed by atoms with E-state index in [9.17, 15) is 4.79 Å². The van der Waals surface area contributed by atoms with Gasteiger partial charge >= 0.3 is 0 Å². The summed E-state index contributed by atoms with van der Waals surface area (Å²) in [4.78, 5) is 16.5. The Morgan fingerprint density at radius 1 is 1.25 bits per heavy atom. The number of carbonyl (C=O) groups excluding carboxylic acids is 1. The first kappa shape index (κ1) is 16.9. The Morgan fingerprint density at radius 2 is 1.85 bits per heavy atom. The summed E-state index contributed by atoms with van der Waals surface area (Å²) < 4.78 is 0. The van der Waals surface area contributed by atoms with Crippen molar-refractivity contribution >= 4 is 5.91 Å². The molecule has 1 aliphatic heterocycles. The van der Waals surface area contributed by atoms with Gasteiger partial charge in [-0.25, -0.2) is 0 Å². The van der Waals surface area contributed by atoms with Crippen LogP contribution in [0.3, 0.4) is 0 Å². The first-order valence-electron chi connectivity index (χ1n) is 7.79. The van der Waals surface area contributed by atoms with Crippen molar-refractivity contribution in [2.24, 2.45) is 0 Å². The van der Waals surface area contributed by atoms with Gasteiger partial charge in [0.1, 0.15) is 0 Å². The van der Waals surface area contributed by atoms with Crippen LogP contribution < -0.4 is 5.32 Å². The van der Waals surface area contributed by atoms with E-state index in [1.165, 1.54) is 0 Å². The first-order valence-corrected chi connectivity index (χ1v) is 7.79. The van der Waals surface area contributed by atoms with Crippen LogP contribution in [0, 0.1) is 11.3 Å². The number of hydrogen-bond donors (Lipinski definition) is 1. The van der Waals surface area contributed by atoms with Crippen LogP contribution in [-0.2, 0) is 4.79 Å². The van der Waals surface area contributed by atoms with E-state index in [4.69, 9.17) is 5.26 Å². The summed E-state index contributed by atoms with van der Waals surface area (Å²) in [5.74, 6) is 0.124. The van der Waals surface area contributed by atoms with Crippen LogP contribution in [0.15, 0.2) is 0 Å². The molecule has 1 rings (SSSR count). The molecule has 2 atom stereocenters. The van der Waals surface area contributed by atoms with Gasteiger partial charge in [0, 0.05) is 32.7 Å². The summed E-state index contributed by atoms with van der Waals surface area (Å²) >= 11 is 0. The maximum Gasteiger partial charge on any atom is 0.237 e. The highest BCUT2D eigenvalue weighted by Crippen LogP contribution is 2.11. The second-order valence-corrected chi connectivity index (χ2v) is 5.45. The van der Waals surface area contributed by atoms with E-state index < -0.39 is 0 Å². The molecule has 1 saturated heterocycles. The van der Waals surface area contributed by atoms with Crippen molar-refractivity contribution in [1.82, 2.24) is 15.1 Å². The van der Waals surface area contributed by atoms with Gasteiger partial charge in [-0.05, 0) is 19.8 Å². The number of nitrogens with zero attached hydrogens (tertiary/aromatic N) is 3. The van der Waals surface area contributed by atoms with E-state index in [2.05, 4.69) is 28.1 Å². The molecule has 5 heteroatoms. The van der Waals surface area contributed by atoms with E-state index in [0.29, 0.717) is 0 Å². The van der Waals surface area contributed by atoms with Gasteiger partial charge in [-0.1, -0.05) is 20.3 Å². The van der Waals surface area contributed by atoms with Crippen molar-refractivity contribution in [3.63, 3.8) is 0 Å². The lowest BCUT2D eigenvalue weighted by molar-refractivity contribution is -0.126. The number of nitrogens with one attached hydrogen (secondary N) is 1. The summed E-state index contributed by atoms with van der Waals surface area (Å²) in [6, 6.07) is 2.30. The molecule has 1 aliphatic rings. The molecule has 0 aromatic rings. The summed E-state index contributed by atoms with van der Waals surface area (Å²) in [7, 11) is 0. The molecule has 5 nitrogen and oxygen atoms in total. The van der Waals surface area contributed by atoms with Crippen LogP contribution in [0.4, 0.5) is 0 Å². The van der Waals surface area contributed by atoms with Crippen LogP contribution in [0.2, 0.25) is 0 Å². The average Bonchev–Trinajstić information content (AvgIpc) is 2.48. The van der Waals surface area contributed by atoms with E-state index >= 15 is 0 Å². The number of carbonyl (C=O) groups is 1. The highest BCUT2D eigenvalue weighted by molar-refractivity contribution is 5.81. The SMILES string of the molecule is CCCCNC(=O)C(C)N1CCN(C(C#N)CC)CC1. The second kappa shape index (κ2) is 8.93. The zero-order valence-corrected chi connectivity index (χ0v) is 13.1. The summed E-state index contributed by atoms with van der Waals surface area (Å²) in [5, 5.41) is 12.1. The van der Waals surface area contributed by atoms with E-state index in [1.807, 2.05) is 13.8 Å². The van der Waals surface area contributed by atoms with E-state index in [0.717, 1.165) is 52.0 Å². The molecule has 1 N–H and O–H groups in total. The van der Waals surface area contributed by atoms with Crippen molar-refractivity contribution in [2.75, 3.05) is 32.7 Å². The smallest absolute Gasteiger partial charge is 0.237 e. The number of unbranched alkanes of at least 4 members (excludes halogenated alkanes) is 1. The molecule has 0 bridgehead atoms. The van der Waals surface area contributed by atoms with Crippen LogP contribution in [0.5, 0.6) is 0 Å². The van der Waals surface area contributed by atoms with Gasteiger partial charge in [0.05, 0.1) is 18.2 Å². The normalized spacial score (nSPS) is 20.1. The molecule has 20 heavy (non-hydrogen) atoms. The lowest BCUT2D eigenvalue weighted by Crippen LogP contribution is -2.55. The molecule has 0 aromatic carbocycles. The fourth-order valence-corrected chi connectivity index (χ4v) is 2.57. The van der Waals surface area contributed by atoms with Crippen molar-refractivity contribution < 1.29 is 4.79 Å². The molecule has 0 saturated carbocycles. The minimum absolute atomic E-state index is 0.0193. The summed E-state index contributed by atoms with van der Waals surface area (Å²) in [6.07, 6.45) is 3.00. The maximum atomic E-state index is 12.0. The predicted octanol–water partition coefficient (Wildman–Crippen LogP) is 1.21. The predicted molar refractivity (Wildman–Crippen MR) is 80.2 cm³/mol. The van der Waals surface area contributed by atoms with E-state index in [1.54, 1.807) is 0 Å². The Kier molecular flexibility index (Phi) is 7.56. The first-order chi connectivity index (χ1) is 9.63. The number of rotatable bonds is 7. The Bertz CT molecular complexity index is 331. The fraction of sp³-hybridized carbons (Fsp3) is 0.867. The molecule has 114 valence electrons. The van der Waals surface area contributed by atoms with E-state index in [-0.39, 0.29) is 18.0 Å². The van der Waals surface area contributed by atoms with Gasteiger partial charge in [0.15, 0.2) is 0 Å². The molecular weight excluding hydrogens is 252 g/mol. The van der Waals surface area contributed by atoms with Crippen LogP contribution in [0.1, 0.15) is 40.0 Å². The zero-order chi connectivity index (χ0) is 15.0. The average molecular weight is 280 g/mol. The van der Waals surface area contributed by atoms with Crippen LogP contribution >= 0.6 is 0 Å². The number of hydrogen-bond acceptors (Lipinski definition) is 4. The van der Waals surface area contributed by atoms with Gasteiger partial charge in [0.2, 0.25) is 5.91 Å². The van der Waals surface area contributed by atoms with Crippen LogP contribution in [-0.4, -0.2) is 60.5 Å². The topological polar surface area (TPSA) is 59.4 Å². The second-order valence-electron chi connectivity index (χ2n) is 5.45. The van der Waals surface area contributed by atoms with Gasteiger partial charge in [-0.3, -0.25) is 14.6 Å². The third-order valence-electron chi connectivity index (χ3n) is 4.08. The third kappa shape index (κ3) is 4.77. The number of amides is 1. The molecule has 1 amide bonds. The largest absolute Gasteiger partial charge is 0.355 e. The van der Waals surface area contributed by atoms with Gasteiger partial charge in [0.25, 0.3) is 0 Å². The Morgan fingerprint density at radius 3 is 2.35 bits per heavy atom. The molecule has 0 spiro atoms. The quantitative estimate of drug-likeness (QED) is 0.712. The van der Waals surface area contributed by atoms with Gasteiger partial charge in [-0.2, -0.15) is 5.26 Å². The van der Waals surface area contributed by atoms with Crippen molar-refractivity contribution in [2.45, 2.75) is 52.1 Å². The molecular formula is C15H28N4O.